The Kier molecular flexibility index (Phi) is 5.77. The van der Waals surface area contributed by atoms with E-state index in [-0.39, 0.29) is 12.4 Å². The minimum Gasteiger partial charge on any atom is -0.490 e. The molecule has 0 heterocycles. The Labute approximate surface area is 136 Å². The number of hydrogen-bond donors (Lipinski definition) is 1. The van der Waals surface area contributed by atoms with Crippen molar-refractivity contribution in [3.63, 3.8) is 0 Å². The summed E-state index contributed by atoms with van der Waals surface area (Å²) in [6, 6.07) is 9.57. The molecule has 0 radical (unpaired) electrons. The quantitative estimate of drug-likeness (QED) is 0.468. The van der Waals surface area contributed by atoms with E-state index >= 15 is 0 Å². The van der Waals surface area contributed by atoms with Crippen LogP contribution in [-0.2, 0) is 6.61 Å². The van der Waals surface area contributed by atoms with Crippen molar-refractivity contribution in [3.05, 3.63) is 57.8 Å². The zero-order valence-corrected chi connectivity index (χ0v) is 13.5. The van der Waals surface area contributed by atoms with E-state index in [4.69, 9.17) is 14.7 Å². The van der Waals surface area contributed by atoms with Gasteiger partial charge in [0.25, 0.3) is 0 Å². The van der Waals surface area contributed by atoms with Gasteiger partial charge < -0.3 is 14.7 Å². The molecule has 2 aromatic carbocycles. The number of hydrogen-bond acceptors (Lipinski definition) is 4. The first-order valence-electron chi connectivity index (χ1n) is 6.65. The van der Waals surface area contributed by atoms with Crippen LogP contribution in [0.25, 0.3) is 0 Å². The zero-order valence-electron chi connectivity index (χ0n) is 11.9. The summed E-state index contributed by atoms with van der Waals surface area (Å²) < 4.78 is 24.9. The highest BCUT2D eigenvalue weighted by Crippen LogP contribution is 2.37. The number of ether oxygens (including phenoxy) is 2. The molecule has 0 aliphatic heterocycles. The van der Waals surface area contributed by atoms with Crippen LogP contribution in [0.15, 0.2) is 46.0 Å². The Morgan fingerprint density at radius 3 is 2.59 bits per heavy atom. The summed E-state index contributed by atoms with van der Waals surface area (Å²) in [6.45, 7) is 2.62. The molecule has 0 saturated carbocycles. The number of halogens is 2. The second kappa shape index (κ2) is 7.79. The van der Waals surface area contributed by atoms with Gasteiger partial charge in [0.2, 0.25) is 0 Å². The van der Waals surface area contributed by atoms with E-state index in [2.05, 4.69) is 21.1 Å². The van der Waals surface area contributed by atoms with Crippen LogP contribution in [0.4, 0.5) is 4.39 Å². The van der Waals surface area contributed by atoms with Gasteiger partial charge in [-0.15, -0.1) is 0 Å². The molecule has 0 bridgehead atoms. The van der Waals surface area contributed by atoms with Gasteiger partial charge in [0.05, 0.1) is 17.3 Å². The second-order valence-electron chi connectivity index (χ2n) is 4.42. The average Bonchev–Trinajstić information content (AvgIpc) is 2.49. The van der Waals surface area contributed by atoms with E-state index in [9.17, 15) is 4.39 Å². The lowest BCUT2D eigenvalue weighted by Gasteiger charge is -2.14. The van der Waals surface area contributed by atoms with Crippen molar-refractivity contribution in [1.29, 1.82) is 0 Å². The Morgan fingerprint density at radius 1 is 1.23 bits per heavy atom. The lowest BCUT2D eigenvalue weighted by molar-refractivity contribution is 0.267. The monoisotopic (exact) mass is 367 g/mol. The fourth-order valence-electron chi connectivity index (χ4n) is 1.87. The number of rotatable bonds is 6. The van der Waals surface area contributed by atoms with E-state index in [1.54, 1.807) is 24.3 Å². The summed E-state index contributed by atoms with van der Waals surface area (Å²) in [5.41, 5.74) is 1.52. The normalized spacial score (nSPS) is 10.9. The minimum atomic E-state index is -0.285. The van der Waals surface area contributed by atoms with Crippen LogP contribution in [-0.4, -0.2) is 18.0 Å². The predicted octanol–water partition coefficient (Wildman–Crippen LogP) is 4.37. The summed E-state index contributed by atoms with van der Waals surface area (Å²) in [7, 11) is 0. The van der Waals surface area contributed by atoms with Gasteiger partial charge in [0.1, 0.15) is 12.4 Å². The SMILES string of the molecule is CCOc1cc(C=NO)cc(Br)c1OCc1ccc(F)cc1. The molecule has 0 saturated heterocycles. The smallest absolute Gasteiger partial charge is 0.175 e. The first-order valence-corrected chi connectivity index (χ1v) is 7.44. The molecule has 116 valence electrons. The predicted molar refractivity (Wildman–Crippen MR) is 85.4 cm³/mol. The molecule has 22 heavy (non-hydrogen) atoms. The maximum absolute atomic E-state index is 12.9. The maximum Gasteiger partial charge on any atom is 0.175 e. The van der Waals surface area contributed by atoms with Crippen LogP contribution < -0.4 is 9.47 Å². The molecule has 0 fully saturated rings. The lowest BCUT2D eigenvalue weighted by atomic mass is 10.2. The van der Waals surface area contributed by atoms with Crippen molar-refractivity contribution in [1.82, 2.24) is 0 Å². The molecule has 0 aliphatic carbocycles. The van der Waals surface area contributed by atoms with Gasteiger partial charge in [-0.3, -0.25) is 0 Å². The first-order chi connectivity index (χ1) is 10.6. The van der Waals surface area contributed by atoms with Crippen LogP contribution in [0.2, 0.25) is 0 Å². The number of nitrogens with zero attached hydrogens (tertiary/aromatic N) is 1. The van der Waals surface area contributed by atoms with Crippen molar-refractivity contribution < 1.29 is 19.1 Å². The average molecular weight is 368 g/mol. The lowest BCUT2D eigenvalue weighted by Crippen LogP contribution is -2.01. The van der Waals surface area contributed by atoms with E-state index in [1.807, 2.05) is 6.92 Å². The summed E-state index contributed by atoms with van der Waals surface area (Å²) in [5.74, 6) is 0.794. The molecular weight excluding hydrogens is 353 g/mol. The molecule has 4 nitrogen and oxygen atoms in total. The van der Waals surface area contributed by atoms with Crippen LogP contribution in [0.1, 0.15) is 18.1 Å². The van der Waals surface area contributed by atoms with Crippen molar-refractivity contribution in [2.75, 3.05) is 6.61 Å². The summed E-state index contributed by atoms with van der Waals surface area (Å²) in [6.07, 6.45) is 1.30. The van der Waals surface area contributed by atoms with Crippen LogP contribution in [0.3, 0.4) is 0 Å². The Morgan fingerprint density at radius 2 is 1.95 bits per heavy atom. The molecule has 0 unspecified atom stereocenters. The number of oxime groups is 1. The number of benzene rings is 2. The van der Waals surface area contributed by atoms with E-state index in [0.29, 0.717) is 28.1 Å². The van der Waals surface area contributed by atoms with Crippen LogP contribution in [0.5, 0.6) is 11.5 Å². The van der Waals surface area contributed by atoms with Gasteiger partial charge in [-0.2, -0.15) is 0 Å². The van der Waals surface area contributed by atoms with E-state index in [0.717, 1.165) is 5.56 Å². The molecule has 2 aromatic rings. The molecule has 0 aromatic heterocycles. The Hall–Kier alpha value is -2.08. The third kappa shape index (κ3) is 4.21. The van der Waals surface area contributed by atoms with Gasteiger partial charge in [0.15, 0.2) is 11.5 Å². The molecule has 2 rings (SSSR count). The first kappa shape index (κ1) is 16.3. The molecule has 0 aliphatic rings. The van der Waals surface area contributed by atoms with Crippen LogP contribution in [0, 0.1) is 5.82 Å². The van der Waals surface area contributed by atoms with Gasteiger partial charge in [-0.25, -0.2) is 4.39 Å². The largest absolute Gasteiger partial charge is 0.490 e. The fraction of sp³-hybridized carbons (Fsp3) is 0.188. The summed E-state index contributed by atoms with van der Waals surface area (Å²) in [4.78, 5) is 0. The molecule has 0 amide bonds. The summed E-state index contributed by atoms with van der Waals surface area (Å²) in [5, 5.41) is 11.6. The Balaban J connectivity index is 2.22. The van der Waals surface area contributed by atoms with Crippen LogP contribution >= 0.6 is 15.9 Å². The third-order valence-corrected chi connectivity index (χ3v) is 3.42. The van der Waals surface area contributed by atoms with Gasteiger partial charge in [-0.05, 0) is 52.7 Å². The topological polar surface area (TPSA) is 51.0 Å². The van der Waals surface area contributed by atoms with E-state index < -0.39 is 0 Å². The molecule has 1 N–H and O–H groups in total. The Bertz CT molecular complexity index is 659. The molecule has 0 spiro atoms. The standard InChI is InChI=1S/C16H15BrFNO3/c1-2-21-15-8-12(9-19-20)7-14(17)16(15)22-10-11-3-5-13(18)6-4-11/h3-9,20H,2,10H2,1H3. The third-order valence-electron chi connectivity index (χ3n) is 2.83. The van der Waals surface area contributed by atoms with E-state index in [1.165, 1.54) is 18.3 Å². The van der Waals surface area contributed by atoms with Gasteiger partial charge >= 0.3 is 0 Å². The molecular formula is C16H15BrFNO3. The van der Waals surface area contributed by atoms with Crippen molar-refractivity contribution in [3.8, 4) is 11.5 Å². The fourth-order valence-corrected chi connectivity index (χ4v) is 2.44. The highest BCUT2D eigenvalue weighted by molar-refractivity contribution is 9.10. The van der Waals surface area contributed by atoms with Crippen molar-refractivity contribution in [2.45, 2.75) is 13.5 Å². The second-order valence-corrected chi connectivity index (χ2v) is 5.28. The molecule has 0 atom stereocenters. The molecule has 6 heteroatoms. The maximum atomic E-state index is 12.9. The highest BCUT2D eigenvalue weighted by atomic mass is 79.9. The van der Waals surface area contributed by atoms with Gasteiger partial charge in [0, 0.05) is 5.56 Å². The van der Waals surface area contributed by atoms with Crippen molar-refractivity contribution >= 4 is 22.1 Å². The summed E-state index contributed by atoms with van der Waals surface area (Å²) >= 11 is 3.41. The zero-order chi connectivity index (χ0) is 15.9. The van der Waals surface area contributed by atoms with Gasteiger partial charge in [-0.1, -0.05) is 17.3 Å². The highest BCUT2D eigenvalue weighted by Gasteiger charge is 2.12. The van der Waals surface area contributed by atoms with Crippen molar-refractivity contribution in [2.24, 2.45) is 5.16 Å². The minimum absolute atomic E-state index is 0.284.